The number of hydrogen-bond acceptors (Lipinski definition) is 2. The predicted octanol–water partition coefficient (Wildman–Crippen LogP) is 1.84. The second-order valence-corrected chi connectivity index (χ2v) is 5.49. The molecule has 0 radical (unpaired) electrons. The van der Waals surface area contributed by atoms with E-state index in [1.54, 1.807) is 0 Å². The minimum Gasteiger partial charge on any atom is -0.328 e. The van der Waals surface area contributed by atoms with Gasteiger partial charge in [0.1, 0.15) is 0 Å². The normalized spacial score (nSPS) is 30.0. The van der Waals surface area contributed by atoms with E-state index in [0.717, 1.165) is 5.92 Å². The highest BCUT2D eigenvalue weighted by atomic mass is 15.2. The molecule has 1 fully saturated rings. The van der Waals surface area contributed by atoms with Crippen LogP contribution >= 0.6 is 0 Å². The van der Waals surface area contributed by atoms with Crippen molar-refractivity contribution in [1.82, 2.24) is 4.90 Å². The minimum absolute atomic E-state index is 0.298. The van der Waals surface area contributed by atoms with Crippen LogP contribution in [0.1, 0.15) is 40.0 Å². The summed E-state index contributed by atoms with van der Waals surface area (Å²) in [6.07, 6.45) is 3.77. The third-order valence-corrected chi connectivity index (χ3v) is 3.26. The van der Waals surface area contributed by atoms with Crippen LogP contribution in [0, 0.1) is 5.92 Å². The van der Waals surface area contributed by atoms with Gasteiger partial charge in [-0.1, -0.05) is 0 Å². The summed E-state index contributed by atoms with van der Waals surface area (Å²) in [5, 5.41) is 0. The molecule has 0 aliphatic heterocycles. The van der Waals surface area contributed by atoms with E-state index in [1.165, 1.54) is 25.8 Å². The summed E-state index contributed by atoms with van der Waals surface area (Å²) in [6.45, 7) is 8.00. The lowest BCUT2D eigenvalue weighted by Gasteiger charge is -2.33. The van der Waals surface area contributed by atoms with Crippen molar-refractivity contribution in [2.45, 2.75) is 51.6 Å². The van der Waals surface area contributed by atoms with Crippen LogP contribution in [0.3, 0.4) is 0 Å². The molecular formula is C11H24N2. The van der Waals surface area contributed by atoms with Crippen molar-refractivity contribution in [3.8, 4) is 0 Å². The minimum atomic E-state index is 0.298. The topological polar surface area (TPSA) is 29.3 Å². The molecule has 0 heterocycles. The molecular weight excluding hydrogens is 160 g/mol. The molecule has 0 aromatic carbocycles. The maximum Gasteiger partial charge on any atom is 0.0122 e. The third-order valence-electron chi connectivity index (χ3n) is 3.26. The SMILES string of the molecule is CN(CC1CCC(N)C1)C(C)(C)C. The van der Waals surface area contributed by atoms with E-state index in [1.807, 2.05) is 0 Å². The van der Waals surface area contributed by atoms with Gasteiger partial charge in [-0.25, -0.2) is 0 Å². The Balaban J connectivity index is 2.33. The molecule has 1 saturated carbocycles. The molecule has 0 amide bonds. The van der Waals surface area contributed by atoms with E-state index in [9.17, 15) is 0 Å². The molecule has 2 unspecified atom stereocenters. The highest BCUT2D eigenvalue weighted by molar-refractivity contribution is 4.82. The highest BCUT2D eigenvalue weighted by Crippen LogP contribution is 2.26. The van der Waals surface area contributed by atoms with Gasteiger partial charge in [-0.2, -0.15) is 0 Å². The lowest BCUT2D eigenvalue weighted by Crippen LogP contribution is -2.40. The van der Waals surface area contributed by atoms with Gasteiger partial charge in [0.25, 0.3) is 0 Å². The summed E-state index contributed by atoms with van der Waals surface area (Å²) < 4.78 is 0. The van der Waals surface area contributed by atoms with Crippen LogP contribution in [0.2, 0.25) is 0 Å². The molecule has 0 spiro atoms. The number of nitrogens with zero attached hydrogens (tertiary/aromatic N) is 1. The molecule has 1 rings (SSSR count). The van der Waals surface area contributed by atoms with Gasteiger partial charge in [0.2, 0.25) is 0 Å². The summed E-state index contributed by atoms with van der Waals surface area (Å²) in [4.78, 5) is 2.44. The maximum atomic E-state index is 5.89. The van der Waals surface area contributed by atoms with Crippen molar-refractivity contribution in [1.29, 1.82) is 0 Å². The van der Waals surface area contributed by atoms with E-state index in [2.05, 4.69) is 32.7 Å². The summed E-state index contributed by atoms with van der Waals surface area (Å²) in [7, 11) is 2.21. The molecule has 0 aromatic rings. The summed E-state index contributed by atoms with van der Waals surface area (Å²) in [6, 6.07) is 0.471. The van der Waals surface area contributed by atoms with Gasteiger partial charge in [0.15, 0.2) is 0 Å². The molecule has 2 atom stereocenters. The second-order valence-electron chi connectivity index (χ2n) is 5.49. The quantitative estimate of drug-likeness (QED) is 0.709. The molecule has 0 bridgehead atoms. The van der Waals surface area contributed by atoms with Crippen molar-refractivity contribution in [2.24, 2.45) is 11.7 Å². The van der Waals surface area contributed by atoms with Crippen LogP contribution in [-0.4, -0.2) is 30.1 Å². The Morgan fingerprint density at radius 1 is 1.31 bits per heavy atom. The monoisotopic (exact) mass is 184 g/mol. The van der Waals surface area contributed by atoms with Crippen molar-refractivity contribution >= 4 is 0 Å². The van der Waals surface area contributed by atoms with Gasteiger partial charge in [-0.3, -0.25) is 0 Å². The first-order valence-electron chi connectivity index (χ1n) is 5.36. The highest BCUT2D eigenvalue weighted by Gasteiger charge is 2.26. The fourth-order valence-electron chi connectivity index (χ4n) is 1.94. The Labute approximate surface area is 82.5 Å². The molecule has 1 aliphatic carbocycles. The van der Waals surface area contributed by atoms with Gasteiger partial charge in [-0.05, 0) is 53.0 Å². The number of hydrogen-bond donors (Lipinski definition) is 1. The van der Waals surface area contributed by atoms with E-state index in [0.29, 0.717) is 11.6 Å². The first kappa shape index (κ1) is 11.0. The van der Waals surface area contributed by atoms with Gasteiger partial charge < -0.3 is 10.6 Å². The van der Waals surface area contributed by atoms with Gasteiger partial charge >= 0.3 is 0 Å². The molecule has 2 N–H and O–H groups in total. The van der Waals surface area contributed by atoms with Crippen molar-refractivity contribution in [2.75, 3.05) is 13.6 Å². The van der Waals surface area contributed by atoms with Crippen LogP contribution in [0.25, 0.3) is 0 Å². The zero-order valence-electron chi connectivity index (χ0n) is 9.51. The Bertz CT molecular complexity index is 160. The van der Waals surface area contributed by atoms with E-state index in [4.69, 9.17) is 5.73 Å². The Morgan fingerprint density at radius 3 is 2.31 bits per heavy atom. The van der Waals surface area contributed by atoms with Crippen molar-refractivity contribution in [3.63, 3.8) is 0 Å². The maximum absolute atomic E-state index is 5.89. The first-order valence-corrected chi connectivity index (χ1v) is 5.36. The van der Waals surface area contributed by atoms with Gasteiger partial charge in [-0.15, -0.1) is 0 Å². The number of rotatable bonds is 2. The van der Waals surface area contributed by atoms with E-state index in [-0.39, 0.29) is 0 Å². The first-order chi connectivity index (χ1) is 5.89. The van der Waals surface area contributed by atoms with Crippen LogP contribution in [0.15, 0.2) is 0 Å². The van der Waals surface area contributed by atoms with E-state index < -0.39 is 0 Å². The summed E-state index contributed by atoms with van der Waals surface area (Å²) in [5.41, 5.74) is 6.19. The Hall–Kier alpha value is -0.0800. The Morgan fingerprint density at radius 2 is 1.92 bits per heavy atom. The van der Waals surface area contributed by atoms with E-state index >= 15 is 0 Å². The van der Waals surface area contributed by atoms with Crippen LogP contribution in [0.4, 0.5) is 0 Å². The van der Waals surface area contributed by atoms with Gasteiger partial charge in [0, 0.05) is 18.1 Å². The second kappa shape index (κ2) is 3.97. The summed E-state index contributed by atoms with van der Waals surface area (Å²) >= 11 is 0. The zero-order chi connectivity index (χ0) is 10.1. The molecule has 2 nitrogen and oxygen atoms in total. The van der Waals surface area contributed by atoms with Crippen LogP contribution in [-0.2, 0) is 0 Å². The molecule has 1 aliphatic rings. The standard InChI is InChI=1S/C11H24N2/c1-11(2,3)13(4)8-9-5-6-10(12)7-9/h9-10H,5-8,12H2,1-4H3. The zero-order valence-corrected chi connectivity index (χ0v) is 9.51. The Kier molecular flexibility index (Phi) is 3.36. The smallest absolute Gasteiger partial charge is 0.0122 e. The van der Waals surface area contributed by atoms with Crippen LogP contribution < -0.4 is 5.73 Å². The lowest BCUT2D eigenvalue weighted by molar-refractivity contribution is 0.149. The van der Waals surface area contributed by atoms with Crippen molar-refractivity contribution in [3.05, 3.63) is 0 Å². The number of nitrogens with two attached hydrogens (primary N) is 1. The fraction of sp³-hybridized carbons (Fsp3) is 1.00. The fourth-order valence-corrected chi connectivity index (χ4v) is 1.94. The van der Waals surface area contributed by atoms with Gasteiger partial charge in [0.05, 0.1) is 0 Å². The lowest BCUT2D eigenvalue weighted by atomic mass is 10.0. The average molecular weight is 184 g/mol. The van der Waals surface area contributed by atoms with Crippen LogP contribution in [0.5, 0.6) is 0 Å². The molecule has 78 valence electrons. The molecule has 0 saturated heterocycles. The predicted molar refractivity (Wildman–Crippen MR) is 57.7 cm³/mol. The molecule has 2 heteroatoms. The van der Waals surface area contributed by atoms with Crippen molar-refractivity contribution < 1.29 is 0 Å². The molecule has 0 aromatic heterocycles. The largest absolute Gasteiger partial charge is 0.328 e. The summed E-state index contributed by atoms with van der Waals surface area (Å²) in [5.74, 6) is 0.833. The third kappa shape index (κ3) is 3.28. The molecule has 13 heavy (non-hydrogen) atoms. The average Bonchev–Trinajstić information content (AvgIpc) is 2.33.